The molecule has 2 heteroatoms. The van der Waals surface area contributed by atoms with Gasteiger partial charge in [0.2, 0.25) is 0 Å². The van der Waals surface area contributed by atoms with Crippen LogP contribution in [0.3, 0.4) is 0 Å². The van der Waals surface area contributed by atoms with Crippen LogP contribution in [-0.4, -0.2) is 18.8 Å². The first-order valence-electron chi connectivity index (χ1n) is 10.0. The molecule has 0 aromatic heterocycles. The Morgan fingerprint density at radius 3 is 1.68 bits per heavy atom. The molecule has 0 amide bonds. The first-order valence-corrected chi connectivity index (χ1v) is 16.4. The highest BCUT2D eigenvalue weighted by Gasteiger charge is 2.07. The second kappa shape index (κ2) is 6.03. The molecular weight excluding hydrogens is 368 g/mol. The fourth-order valence-electron chi connectivity index (χ4n) is 4.65. The van der Waals surface area contributed by atoms with Crippen molar-refractivity contribution in [2.24, 2.45) is 0 Å². The Labute approximate surface area is 168 Å². The normalized spacial score (nSPS) is 12.4. The van der Waals surface area contributed by atoms with E-state index in [9.17, 15) is 0 Å². The summed E-state index contributed by atoms with van der Waals surface area (Å²) < 4.78 is 0. The van der Waals surface area contributed by atoms with Crippen molar-refractivity contribution in [3.05, 3.63) is 91.0 Å². The van der Waals surface area contributed by atoms with Gasteiger partial charge in [-0.1, -0.05) is 59.8 Å². The van der Waals surface area contributed by atoms with Gasteiger partial charge in [-0.15, -0.1) is 0 Å². The van der Waals surface area contributed by atoms with Gasteiger partial charge in [-0.2, -0.15) is 0 Å². The predicted octanol–water partition coefficient (Wildman–Crippen LogP) is 4.53. The lowest BCUT2D eigenvalue weighted by Crippen LogP contribution is -2.14. The highest BCUT2D eigenvalue weighted by atomic mass is 29.1. The molecule has 0 radical (unpaired) electrons. The first-order chi connectivity index (χ1) is 13.8. The molecule has 0 saturated carbocycles. The van der Waals surface area contributed by atoms with E-state index in [1.165, 1.54) is 63.6 Å². The van der Waals surface area contributed by atoms with Gasteiger partial charge in [0.25, 0.3) is 0 Å². The van der Waals surface area contributed by atoms with E-state index in [1.54, 1.807) is 5.19 Å². The summed E-state index contributed by atoms with van der Waals surface area (Å²) >= 11 is 0. The molecule has 0 nitrogen and oxygen atoms in total. The lowest BCUT2D eigenvalue weighted by Gasteiger charge is -2.11. The van der Waals surface area contributed by atoms with E-state index in [0.29, 0.717) is 0 Å². The summed E-state index contributed by atoms with van der Waals surface area (Å²) in [6, 6.07) is 34.3. The lowest BCUT2D eigenvalue weighted by molar-refractivity contribution is 1.79. The van der Waals surface area contributed by atoms with E-state index < -0.39 is 0 Å². The van der Waals surface area contributed by atoms with Gasteiger partial charge in [0.15, 0.2) is 0 Å². The van der Waals surface area contributed by atoms with Crippen molar-refractivity contribution in [2.75, 3.05) is 0 Å². The molecule has 0 bridgehead atoms. The molecule has 6 aromatic carbocycles. The fraction of sp³-hybridized carbons (Fsp3) is 0. The van der Waals surface area contributed by atoms with Crippen molar-refractivity contribution >= 4 is 77.8 Å². The number of benzene rings is 6. The molecule has 0 aliphatic heterocycles. The molecule has 0 aliphatic rings. The quantitative estimate of drug-likeness (QED) is 0.221. The highest BCUT2D eigenvalue weighted by molar-refractivity contribution is 6.98. The van der Waals surface area contributed by atoms with Crippen LogP contribution in [0.25, 0.3) is 53.9 Å². The Morgan fingerprint density at radius 2 is 0.964 bits per heavy atom. The molecule has 0 N–H and O–H groups in total. The van der Waals surface area contributed by atoms with E-state index in [1.807, 2.05) is 0 Å². The second-order valence-corrected chi connectivity index (χ2v) is 11.3. The summed E-state index contributed by atoms with van der Waals surface area (Å²) in [5.41, 5.74) is 0. The van der Waals surface area contributed by atoms with Gasteiger partial charge in [0.05, 0.1) is 0 Å². The van der Waals surface area contributed by atoms with Gasteiger partial charge < -0.3 is 0 Å². The van der Waals surface area contributed by atoms with Crippen LogP contribution in [0.15, 0.2) is 91.0 Å². The van der Waals surface area contributed by atoms with E-state index >= 15 is 0 Å². The first kappa shape index (κ1) is 16.0. The van der Waals surface area contributed by atoms with Gasteiger partial charge in [-0.25, -0.2) is 0 Å². The van der Waals surface area contributed by atoms with Crippen LogP contribution in [0.2, 0.25) is 0 Å². The Bertz CT molecular complexity index is 1550. The van der Waals surface area contributed by atoms with Crippen LogP contribution in [-0.2, 0) is 0 Å². The van der Waals surface area contributed by atoms with Crippen LogP contribution < -0.4 is 5.19 Å². The maximum Gasteiger partial charge on any atom is 0.0392 e. The van der Waals surface area contributed by atoms with Crippen molar-refractivity contribution in [1.29, 1.82) is 0 Å². The number of hydrogen-bond donors (Lipinski definition) is 0. The molecule has 6 aromatic rings. The van der Waals surface area contributed by atoms with E-state index in [2.05, 4.69) is 91.0 Å². The van der Waals surface area contributed by atoms with Crippen molar-refractivity contribution in [1.82, 2.24) is 0 Å². The Hall–Kier alpha value is -2.95. The molecule has 132 valence electrons. The zero-order valence-corrected chi connectivity index (χ0v) is 19.3. The third-order valence-corrected chi connectivity index (χ3v) is 9.79. The van der Waals surface area contributed by atoms with Gasteiger partial charge in [0, 0.05) is 9.04 Å². The molecule has 0 unspecified atom stereocenters. The number of rotatable bonds is 1. The number of fused-ring (bicyclic) bond motifs is 6. The molecule has 0 heterocycles. The molecule has 0 fully saturated rings. The van der Waals surface area contributed by atoms with Crippen LogP contribution in [0.1, 0.15) is 0 Å². The predicted molar refractivity (Wildman–Crippen MR) is 132 cm³/mol. The van der Waals surface area contributed by atoms with Crippen LogP contribution >= 0.6 is 0 Å². The van der Waals surface area contributed by atoms with Gasteiger partial charge in [0.1, 0.15) is 0 Å². The summed E-state index contributed by atoms with van der Waals surface area (Å²) in [7, 11) is 1.26. The van der Waals surface area contributed by atoms with Crippen LogP contribution in [0.5, 0.6) is 0 Å². The van der Waals surface area contributed by atoms with Crippen LogP contribution in [0.4, 0.5) is 0 Å². The molecule has 0 aliphatic carbocycles. The molecule has 0 saturated heterocycles. The second-order valence-electron chi connectivity index (χ2n) is 7.75. The van der Waals surface area contributed by atoms with Gasteiger partial charge in [-0.3, -0.25) is 0 Å². The Morgan fingerprint density at radius 1 is 0.429 bits per heavy atom. The minimum Gasteiger partial charge on any atom is -0.0634 e. The molecule has 28 heavy (non-hydrogen) atoms. The van der Waals surface area contributed by atoms with Gasteiger partial charge in [-0.05, 0) is 100 Å². The summed E-state index contributed by atoms with van der Waals surface area (Å²) in [4.78, 5) is 0. The third-order valence-electron chi connectivity index (χ3n) is 6.13. The molecule has 0 atom stereocenters. The molecule has 0 spiro atoms. The monoisotopic (exact) mass is 388 g/mol. The third kappa shape index (κ3) is 2.35. The molecular formula is C26H20Si2. The highest BCUT2D eigenvalue weighted by Crippen LogP contribution is 2.33. The summed E-state index contributed by atoms with van der Waals surface area (Å²) in [5, 5.41) is 15.2. The van der Waals surface area contributed by atoms with E-state index in [-0.39, 0.29) is 9.04 Å². The van der Waals surface area contributed by atoms with Gasteiger partial charge >= 0.3 is 0 Å². The smallest absolute Gasteiger partial charge is 0.0392 e. The summed E-state index contributed by atoms with van der Waals surface area (Å²) in [5.74, 6) is 0. The largest absolute Gasteiger partial charge is 0.0634 e. The minimum atomic E-state index is -0.0666. The number of hydrogen-bond acceptors (Lipinski definition) is 0. The standard InChI is InChI=1S/C26H20Si2/c27-28-26-7-3-6-18-12-19-8-9-20-13-21-10-16-4-1-2-5-17(16)11-22(21)14-23(20)24(19)15-25(18)26/h1-15H,28H2,27H3. The molecule has 6 rings (SSSR count). The van der Waals surface area contributed by atoms with Crippen LogP contribution in [0, 0.1) is 0 Å². The maximum atomic E-state index is 2.46. The summed E-state index contributed by atoms with van der Waals surface area (Å²) in [6.45, 7) is 0. The Kier molecular flexibility index (Phi) is 3.45. The minimum absolute atomic E-state index is 0.0666. The lowest BCUT2D eigenvalue weighted by atomic mass is 9.95. The fourth-order valence-corrected chi connectivity index (χ4v) is 7.56. The van der Waals surface area contributed by atoms with E-state index in [0.717, 1.165) is 0 Å². The average molecular weight is 389 g/mol. The zero-order valence-electron chi connectivity index (χ0n) is 15.9. The summed E-state index contributed by atoms with van der Waals surface area (Å²) in [6.07, 6.45) is 0. The van der Waals surface area contributed by atoms with Crippen molar-refractivity contribution in [3.63, 3.8) is 0 Å². The zero-order chi connectivity index (χ0) is 18.7. The van der Waals surface area contributed by atoms with Crippen molar-refractivity contribution < 1.29 is 0 Å². The topological polar surface area (TPSA) is 0 Å². The van der Waals surface area contributed by atoms with Crippen molar-refractivity contribution in [2.45, 2.75) is 0 Å². The maximum absolute atomic E-state index is 2.46. The average Bonchev–Trinajstić information content (AvgIpc) is 2.74. The SMILES string of the molecule is [SiH3][SiH2]c1cccc2cc3ccc4cc5cc6ccccc6cc5cc4c3cc12. The van der Waals surface area contributed by atoms with Crippen molar-refractivity contribution in [3.8, 4) is 0 Å². The van der Waals surface area contributed by atoms with E-state index in [4.69, 9.17) is 0 Å². The Balaban J connectivity index is 1.76.